The Kier molecular flexibility index (Phi) is 5.69. The molecule has 0 fully saturated rings. The SMILES string of the molecule is COc1ccc(-c2c(C(=O)O)sc3c2NC(=O)C[C@@H]3c2cccc(OC(C)C)c2)cc1. The number of hydrogen-bond acceptors (Lipinski definition) is 5. The van der Waals surface area contributed by atoms with Crippen molar-refractivity contribution in [3.05, 3.63) is 63.8 Å². The Morgan fingerprint density at radius 3 is 2.55 bits per heavy atom. The zero-order valence-corrected chi connectivity index (χ0v) is 18.3. The van der Waals surface area contributed by atoms with E-state index in [0.717, 1.165) is 16.2 Å². The van der Waals surface area contributed by atoms with Crippen LogP contribution in [0.3, 0.4) is 0 Å². The third-order valence-corrected chi connectivity index (χ3v) is 6.40. The van der Waals surface area contributed by atoms with Crippen molar-refractivity contribution in [2.24, 2.45) is 0 Å². The van der Waals surface area contributed by atoms with Gasteiger partial charge in [-0.15, -0.1) is 11.3 Å². The minimum absolute atomic E-state index is 0.0301. The maximum Gasteiger partial charge on any atom is 0.346 e. The van der Waals surface area contributed by atoms with Crippen molar-refractivity contribution < 1.29 is 24.2 Å². The predicted molar refractivity (Wildman–Crippen MR) is 121 cm³/mol. The fourth-order valence-corrected chi connectivity index (χ4v) is 5.06. The van der Waals surface area contributed by atoms with Crippen molar-refractivity contribution >= 4 is 28.9 Å². The molecule has 2 N–H and O–H groups in total. The summed E-state index contributed by atoms with van der Waals surface area (Å²) in [6.45, 7) is 3.91. The second kappa shape index (κ2) is 8.43. The Morgan fingerprint density at radius 2 is 1.90 bits per heavy atom. The molecule has 1 atom stereocenters. The number of carboxylic acid groups (broad SMARTS) is 1. The first kappa shape index (κ1) is 20.9. The van der Waals surface area contributed by atoms with Crippen LogP contribution in [0.4, 0.5) is 5.69 Å². The molecule has 2 aromatic carbocycles. The molecule has 1 aliphatic heterocycles. The number of nitrogens with one attached hydrogen (secondary N) is 1. The van der Waals surface area contributed by atoms with E-state index in [1.54, 1.807) is 31.4 Å². The lowest BCUT2D eigenvalue weighted by molar-refractivity contribution is -0.116. The highest BCUT2D eigenvalue weighted by Crippen LogP contribution is 2.49. The molecular weight excluding hydrogens is 414 g/mol. The maximum atomic E-state index is 12.6. The van der Waals surface area contributed by atoms with Gasteiger partial charge in [0.1, 0.15) is 16.4 Å². The third-order valence-electron chi connectivity index (χ3n) is 5.11. The smallest absolute Gasteiger partial charge is 0.346 e. The number of methoxy groups -OCH3 is 1. The third kappa shape index (κ3) is 4.14. The highest BCUT2D eigenvalue weighted by molar-refractivity contribution is 7.15. The summed E-state index contributed by atoms with van der Waals surface area (Å²) >= 11 is 1.21. The summed E-state index contributed by atoms with van der Waals surface area (Å²) in [7, 11) is 1.58. The number of carbonyl (C=O) groups is 2. The van der Waals surface area contributed by atoms with E-state index in [1.807, 2.05) is 38.1 Å². The second-order valence-corrected chi connectivity index (χ2v) is 8.68. The molecule has 31 heavy (non-hydrogen) atoms. The van der Waals surface area contributed by atoms with Gasteiger partial charge in [0.05, 0.1) is 18.9 Å². The first-order valence-electron chi connectivity index (χ1n) is 9.98. The summed E-state index contributed by atoms with van der Waals surface area (Å²) in [5, 5.41) is 12.8. The Balaban J connectivity index is 1.85. The Labute approximate surface area is 184 Å². The van der Waals surface area contributed by atoms with E-state index in [1.165, 1.54) is 11.3 Å². The van der Waals surface area contributed by atoms with Crippen LogP contribution in [-0.4, -0.2) is 30.2 Å². The topological polar surface area (TPSA) is 84.9 Å². The lowest BCUT2D eigenvalue weighted by atomic mass is 9.88. The molecule has 160 valence electrons. The number of hydrogen-bond donors (Lipinski definition) is 2. The van der Waals surface area contributed by atoms with Crippen LogP contribution in [-0.2, 0) is 4.79 Å². The van der Waals surface area contributed by atoms with Crippen molar-refractivity contribution in [3.8, 4) is 22.6 Å². The number of fused-ring (bicyclic) bond motifs is 1. The molecule has 7 heteroatoms. The van der Waals surface area contributed by atoms with Gasteiger partial charge in [0, 0.05) is 22.8 Å². The van der Waals surface area contributed by atoms with Gasteiger partial charge >= 0.3 is 5.97 Å². The Bertz CT molecular complexity index is 1130. The van der Waals surface area contributed by atoms with E-state index >= 15 is 0 Å². The lowest BCUT2D eigenvalue weighted by Gasteiger charge is -2.24. The molecule has 0 saturated heterocycles. The summed E-state index contributed by atoms with van der Waals surface area (Å²) < 4.78 is 11.0. The number of rotatable bonds is 6. The van der Waals surface area contributed by atoms with Crippen molar-refractivity contribution in [2.45, 2.75) is 32.3 Å². The molecule has 1 aromatic heterocycles. The molecule has 2 heterocycles. The van der Waals surface area contributed by atoms with Crippen LogP contribution in [0.1, 0.15) is 46.3 Å². The summed E-state index contributed by atoms with van der Waals surface area (Å²) in [5.74, 6) is 0.000811. The van der Waals surface area contributed by atoms with Gasteiger partial charge in [0.15, 0.2) is 0 Å². The fraction of sp³-hybridized carbons (Fsp3) is 0.250. The Morgan fingerprint density at radius 1 is 1.16 bits per heavy atom. The number of aromatic carboxylic acids is 1. The lowest BCUT2D eigenvalue weighted by Crippen LogP contribution is -2.22. The highest BCUT2D eigenvalue weighted by atomic mass is 32.1. The number of benzene rings is 2. The van der Waals surface area contributed by atoms with Gasteiger partial charge in [-0.1, -0.05) is 24.3 Å². The monoisotopic (exact) mass is 437 g/mol. The number of thiophene rings is 1. The predicted octanol–water partition coefficient (Wildman–Crippen LogP) is 5.38. The van der Waals surface area contributed by atoms with Crippen molar-refractivity contribution in [1.82, 2.24) is 0 Å². The molecular formula is C24H23NO5S. The maximum absolute atomic E-state index is 12.6. The summed E-state index contributed by atoms with van der Waals surface area (Å²) in [6, 6.07) is 14.8. The van der Waals surface area contributed by atoms with Gasteiger partial charge in [0.25, 0.3) is 0 Å². The fourth-order valence-electron chi connectivity index (χ4n) is 3.82. The molecule has 6 nitrogen and oxygen atoms in total. The van der Waals surface area contributed by atoms with E-state index in [4.69, 9.17) is 9.47 Å². The number of carboxylic acids is 1. The zero-order valence-electron chi connectivity index (χ0n) is 17.5. The number of carbonyl (C=O) groups excluding carboxylic acids is 1. The van der Waals surface area contributed by atoms with Gasteiger partial charge in [0.2, 0.25) is 5.91 Å². The van der Waals surface area contributed by atoms with E-state index in [2.05, 4.69) is 5.32 Å². The van der Waals surface area contributed by atoms with E-state index in [-0.39, 0.29) is 29.2 Å². The quantitative estimate of drug-likeness (QED) is 0.541. The Hall–Kier alpha value is -3.32. The largest absolute Gasteiger partial charge is 0.497 e. The summed E-state index contributed by atoms with van der Waals surface area (Å²) in [4.78, 5) is 25.8. The van der Waals surface area contributed by atoms with Crippen LogP contribution in [0.15, 0.2) is 48.5 Å². The average Bonchev–Trinajstić information content (AvgIpc) is 3.12. The van der Waals surface area contributed by atoms with E-state index < -0.39 is 5.97 Å². The first-order valence-corrected chi connectivity index (χ1v) is 10.8. The van der Waals surface area contributed by atoms with Gasteiger partial charge in [-0.25, -0.2) is 4.79 Å². The number of ether oxygens (including phenoxy) is 2. The standard InChI is InChI=1S/C24H23NO5S/c1-13(2)30-17-6-4-5-15(11-17)18-12-19(26)25-21-20(23(24(27)28)31-22(18)21)14-7-9-16(29-3)10-8-14/h4-11,13,18H,12H2,1-3H3,(H,25,26)(H,27,28)/t18-/m1/s1. The van der Waals surface area contributed by atoms with Crippen LogP contribution in [0.25, 0.3) is 11.1 Å². The highest BCUT2D eigenvalue weighted by Gasteiger charge is 2.34. The minimum Gasteiger partial charge on any atom is -0.497 e. The van der Waals surface area contributed by atoms with Crippen molar-refractivity contribution in [2.75, 3.05) is 12.4 Å². The summed E-state index contributed by atoms with van der Waals surface area (Å²) in [6.07, 6.45) is 0.280. The van der Waals surface area contributed by atoms with E-state index in [0.29, 0.717) is 22.6 Å². The second-order valence-electron chi connectivity index (χ2n) is 7.62. The van der Waals surface area contributed by atoms with Gasteiger partial charge in [-0.2, -0.15) is 0 Å². The average molecular weight is 438 g/mol. The van der Waals surface area contributed by atoms with Crippen molar-refractivity contribution in [3.63, 3.8) is 0 Å². The van der Waals surface area contributed by atoms with Crippen LogP contribution in [0, 0.1) is 0 Å². The van der Waals surface area contributed by atoms with E-state index in [9.17, 15) is 14.7 Å². The number of anilines is 1. The van der Waals surface area contributed by atoms with Crippen molar-refractivity contribution in [1.29, 1.82) is 0 Å². The molecule has 1 amide bonds. The molecule has 0 bridgehead atoms. The molecule has 0 saturated carbocycles. The van der Waals surface area contributed by atoms with Gasteiger partial charge < -0.3 is 19.9 Å². The molecule has 3 aromatic rings. The van der Waals surface area contributed by atoms with Crippen LogP contribution >= 0.6 is 11.3 Å². The summed E-state index contributed by atoms with van der Waals surface area (Å²) in [5.41, 5.74) is 2.74. The van der Waals surface area contributed by atoms with Crippen LogP contribution < -0.4 is 14.8 Å². The van der Waals surface area contributed by atoms with Crippen LogP contribution in [0.2, 0.25) is 0 Å². The molecule has 1 aliphatic rings. The van der Waals surface area contributed by atoms with Crippen LogP contribution in [0.5, 0.6) is 11.5 Å². The molecule has 0 spiro atoms. The molecule has 0 radical (unpaired) electrons. The molecule has 4 rings (SSSR count). The molecule has 0 aliphatic carbocycles. The normalized spacial score (nSPS) is 15.4. The number of amides is 1. The van der Waals surface area contributed by atoms with Gasteiger partial charge in [-0.05, 0) is 49.2 Å². The zero-order chi connectivity index (χ0) is 22.1. The minimum atomic E-state index is -1.02. The molecule has 0 unspecified atom stereocenters. The first-order chi connectivity index (χ1) is 14.9. The van der Waals surface area contributed by atoms with Gasteiger partial charge in [-0.3, -0.25) is 4.79 Å².